The number of aromatic carboxylic acids is 1. The summed E-state index contributed by atoms with van der Waals surface area (Å²) in [5, 5.41) is 28.7. The van der Waals surface area contributed by atoms with Gasteiger partial charge in [-0.2, -0.15) is 5.26 Å². The van der Waals surface area contributed by atoms with Gasteiger partial charge in [0.05, 0.1) is 16.9 Å². The molecule has 0 saturated carbocycles. The highest BCUT2D eigenvalue weighted by atomic mass is 16.6. The molecule has 0 saturated heterocycles. The van der Waals surface area contributed by atoms with Crippen molar-refractivity contribution in [2.45, 2.75) is 13.8 Å². The Hall–Kier alpha value is -2.69. The zero-order chi connectivity index (χ0) is 15.3. The fraction of sp³-hybridized carbons (Fsp3) is 0.417. The number of rotatable bonds is 6. The van der Waals surface area contributed by atoms with Gasteiger partial charge in [0, 0.05) is 19.2 Å². The zero-order valence-corrected chi connectivity index (χ0v) is 11.1. The van der Waals surface area contributed by atoms with Gasteiger partial charge in [0.1, 0.15) is 0 Å². The van der Waals surface area contributed by atoms with Crippen molar-refractivity contribution in [3.05, 3.63) is 27.9 Å². The van der Waals surface area contributed by atoms with Crippen LogP contribution < -0.4 is 4.90 Å². The van der Waals surface area contributed by atoms with E-state index in [4.69, 9.17) is 10.4 Å². The lowest BCUT2D eigenvalue weighted by molar-refractivity contribution is -0.384. The van der Waals surface area contributed by atoms with Crippen LogP contribution in [0.3, 0.4) is 0 Å². The molecule has 0 aliphatic carbocycles. The number of hydrogen-bond acceptors (Lipinski definition) is 6. The van der Waals surface area contributed by atoms with E-state index in [-0.39, 0.29) is 29.7 Å². The number of hydrogen-bond donors (Lipinski definition) is 1. The van der Waals surface area contributed by atoms with Gasteiger partial charge in [0.15, 0.2) is 5.69 Å². The lowest BCUT2D eigenvalue weighted by Gasteiger charge is -2.22. The maximum Gasteiger partial charge on any atom is 0.354 e. The second kappa shape index (κ2) is 6.47. The summed E-state index contributed by atoms with van der Waals surface area (Å²) in [4.78, 5) is 26.7. The van der Waals surface area contributed by atoms with Crippen molar-refractivity contribution in [3.8, 4) is 6.07 Å². The Balaban J connectivity index is 3.29. The monoisotopic (exact) mass is 278 g/mol. The first-order valence-corrected chi connectivity index (χ1v) is 5.94. The fourth-order valence-corrected chi connectivity index (χ4v) is 1.67. The van der Waals surface area contributed by atoms with Crippen molar-refractivity contribution < 1.29 is 14.8 Å². The first kappa shape index (κ1) is 15.4. The van der Waals surface area contributed by atoms with Gasteiger partial charge < -0.3 is 10.0 Å². The molecule has 0 fully saturated rings. The van der Waals surface area contributed by atoms with E-state index in [2.05, 4.69) is 4.98 Å². The maximum atomic E-state index is 11.0. The molecule has 0 aromatic carbocycles. The predicted molar refractivity (Wildman–Crippen MR) is 70.5 cm³/mol. The number of nitriles is 1. The van der Waals surface area contributed by atoms with Crippen LogP contribution in [0.1, 0.15) is 24.3 Å². The number of carboxylic acids is 1. The Morgan fingerprint density at radius 2 is 2.30 bits per heavy atom. The van der Waals surface area contributed by atoms with Crippen LogP contribution in [0.15, 0.2) is 12.1 Å². The first-order valence-electron chi connectivity index (χ1n) is 5.94. The summed E-state index contributed by atoms with van der Waals surface area (Å²) in [6.45, 7) is 4.05. The molecule has 0 radical (unpaired) electrons. The van der Waals surface area contributed by atoms with Crippen molar-refractivity contribution in [3.63, 3.8) is 0 Å². The molecule has 1 unspecified atom stereocenters. The Labute approximate surface area is 115 Å². The van der Waals surface area contributed by atoms with E-state index in [1.165, 1.54) is 4.90 Å². The number of carboxylic acid groups (broad SMARTS) is 1. The smallest absolute Gasteiger partial charge is 0.354 e. The third kappa shape index (κ3) is 3.41. The van der Waals surface area contributed by atoms with Crippen molar-refractivity contribution in [1.29, 1.82) is 5.26 Å². The highest BCUT2D eigenvalue weighted by molar-refractivity contribution is 5.86. The minimum atomic E-state index is -1.26. The van der Waals surface area contributed by atoms with Crippen LogP contribution in [-0.2, 0) is 0 Å². The van der Waals surface area contributed by atoms with E-state index in [0.29, 0.717) is 6.54 Å². The fourth-order valence-electron chi connectivity index (χ4n) is 1.67. The van der Waals surface area contributed by atoms with Gasteiger partial charge in [-0.1, -0.05) is 0 Å². The van der Waals surface area contributed by atoms with Crippen LogP contribution in [0.4, 0.5) is 11.5 Å². The molecule has 1 atom stereocenters. The van der Waals surface area contributed by atoms with Gasteiger partial charge in [0.2, 0.25) is 5.82 Å². The van der Waals surface area contributed by atoms with E-state index in [0.717, 1.165) is 12.1 Å². The second-order valence-corrected chi connectivity index (χ2v) is 4.17. The van der Waals surface area contributed by atoms with Crippen LogP contribution in [0.5, 0.6) is 0 Å². The highest BCUT2D eigenvalue weighted by Crippen LogP contribution is 2.26. The van der Waals surface area contributed by atoms with Crippen LogP contribution in [0, 0.1) is 27.4 Å². The summed E-state index contributed by atoms with van der Waals surface area (Å²) in [7, 11) is 0. The standard InChI is InChI=1S/C12H14N4O4/c1-3-15(7-8(2)6-13)11-10(16(19)20)5-4-9(14-11)12(17)18/h4-5,8H,3,7H2,1-2H3,(H,17,18). The van der Waals surface area contributed by atoms with E-state index in [1.807, 2.05) is 6.07 Å². The summed E-state index contributed by atoms with van der Waals surface area (Å²) < 4.78 is 0. The topological polar surface area (TPSA) is 120 Å². The number of nitrogens with zero attached hydrogens (tertiary/aromatic N) is 4. The molecular formula is C12H14N4O4. The average molecular weight is 278 g/mol. The summed E-state index contributed by atoms with van der Waals surface area (Å²) in [6, 6.07) is 4.24. The third-order valence-corrected chi connectivity index (χ3v) is 2.67. The van der Waals surface area contributed by atoms with Gasteiger partial charge in [-0.3, -0.25) is 10.1 Å². The Kier molecular flexibility index (Phi) is 4.97. The minimum Gasteiger partial charge on any atom is -0.477 e. The lowest BCUT2D eigenvalue weighted by Crippen LogP contribution is -2.29. The van der Waals surface area contributed by atoms with Crippen molar-refractivity contribution in [2.24, 2.45) is 5.92 Å². The minimum absolute atomic E-state index is 0.0282. The Morgan fingerprint density at radius 3 is 2.75 bits per heavy atom. The van der Waals surface area contributed by atoms with Crippen LogP contribution in [0.2, 0.25) is 0 Å². The van der Waals surface area contributed by atoms with Gasteiger partial charge in [-0.15, -0.1) is 0 Å². The molecule has 1 heterocycles. The van der Waals surface area contributed by atoms with Crippen LogP contribution >= 0.6 is 0 Å². The molecule has 20 heavy (non-hydrogen) atoms. The van der Waals surface area contributed by atoms with Crippen LogP contribution in [0.25, 0.3) is 0 Å². The number of anilines is 1. The van der Waals surface area contributed by atoms with Crippen molar-refractivity contribution in [2.75, 3.05) is 18.0 Å². The number of carbonyl (C=O) groups is 1. The largest absolute Gasteiger partial charge is 0.477 e. The highest BCUT2D eigenvalue weighted by Gasteiger charge is 2.23. The molecule has 0 amide bonds. The van der Waals surface area contributed by atoms with Crippen molar-refractivity contribution in [1.82, 2.24) is 4.98 Å². The molecule has 1 aromatic rings. The van der Waals surface area contributed by atoms with Gasteiger partial charge in [0.25, 0.3) is 0 Å². The van der Waals surface area contributed by atoms with Gasteiger partial charge >= 0.3 is 11.7 Å². The summed E-state index contributed by atoms with van der Waals surface area (Å²) in [5.41, 5.74) is -0.546. The molecule has 106 valence electrons. The normalized spacial score (nSPS) is 11.4. The number of pyridine rings is 1. The molecule has 1 rings (SSSR count). The van der Waals surface area contributed by atoms with Gasteiger partial charge in [-0.05, 0) is 19.9 Å². The third-order valence-electron chi connectivity index (χ3n) is 2.67. The maximum absolute atomic E-state index is 11.0. The lowest BCUT2D eigenvalue weighted by atomic mass is 10.2. The zero-order valence-electron chi connectivity index (χ0n) is 11.1. The van der Waals surface area contributed by atoms with E-state index < -0.39 is 10.9 Å². The number of aromatic nitrogens is 1. The molecule has 1 N–H and O–H groups in total. The first-order chi connectivity index (χ1) is 9.40. The van der Waals surface area contributed by atoms with Gasteiger partial charge in [-0.25, -0.2) is 9.78 Å². The van der Waals surface area contributed by atoms with Crippen LogP contribution in [-0.4, -0.2) is 34.1 Å². The molecule has 8 nitrogen and oxygen atoms in total. The molecule has 0 aliphatic rings. The molecular weight excluding hydrogens is 264 g/mol. The summed E-state index contributed by atoms with van der Waals surface area (Å²) in [6.07, 6.45) is 0. The molecule has 0 aliphatic heterocycles. The SMILES string of the molecule is CCN(CC(C)C#N)c1nc(C(=O)O)ccc1[N+](=O)[O-]. The Bertz CT molecular complexity index is 567. The molecule has 0 spiro atoms. The van der Waals surface area contributed by atoms with E-state index in [9.17, 15) is 14.9 Å². The molecule has 8 heteroatoms. The summed E-state index contributed by atoms with van der Waals surface area (Å²) in [5.74, 6) is -1.64. The Morgan fingerprint density at radius 1 is 1.65 bits per heavy atom. The quantitative estimate of drug-likeness (QED) is 0.620. The number of nitro groups is 1. The summed E-state index contributed by atoms with van der Waals surface area (Å²) >= 11 is 0. The molecule has 1 aromatic heterocycles. The van der Waals surface area contributed by atoms with Crippen molar-refractivity contribution >= 4 is 17.5 Å². The predicted octanol–water partition coefficient (Wildman–Crippen LogP) is 1.67. The average Bonchev–Trinajstić information content (AvgIpc) is 2.43. The van der Waals surface area contributed by atoms with E-state index in [1.54, 1.807) is 13.8 Å². The molecule has 0 bridgehead atoms. The second-order valence-electron chi connectivity index (χ2n) is 4.17. The van der Waals surface area contributed by atoms with E-state index >= 15 is 0 Å².